The molecule has 2 aromatic rings. The van der Waals surface area contributed by atoms with Crippen LogP contribution in [0.2, 0.25) is 0 Å². The Balaban J connectivity index is 1.09. The summed E-state index contributed by atoms with van der Waals surface area (Å²) in [6, 6.07) is 5.61. The summed E-state index contributed by atoms with van der Waals surface area (Å²) in [4.78, 5) is 37.9. The number of nitrogens with zero attached hydrogens (tertiary/aromatic N) is 4. The van der Waals surface area contributed by atoms with E-state index in [0.29, 0.717) is 42.6 Å². The van der Waals surface area contributed by atoms with Gasteiger partial charge in [-0.1, -0.05) is 13.0 Å². The summed E-state index contributed by atoms with van der Waals surface area (Å²) in [5.41, 5.74) is 2.29. The van der Waals surface area contributed by atoms with Crippen LogP contribution in [0, 0.1) is 0 Å². The Kier molecular flexibility index (Phi) is 6.08. The maximum atomic E-state index is 13.0. The summed E-state index contributed by atoms with van der Waals surface area (Å²) in [5.74, 6) is 1.12. The van der Waals surface area contributed by atoms with Crippen LogP contribution in [0.15, 0.2) is 49.1 Å². The first-order valence-electron chi connectivity index (χ1n) is 12.8. The van der Waals surface area contributed by atoms with Crippen LogP contribution < -0.4 is 14.8 Å². The van der Waals surface area contributed by atoms with E-state index in [1.54, 1.807) is 23.5 Å². The number of nitrogens with one attached hydrogen (secondary N) is 1. The number of hydrogen-bond donors (Lipinski definition) is 1. The first-order chi connectivity index (χ1) is 17.5. The van der Waals surface area contributed by atoms with Gasteiger partial charge < -0.3 is 19.7 Å². The topological polar surface area (TPSA) is 96.9 Å². The van der Waals surface area contributed by atoms with E-state index in [1.807, 2.05) is 18.2 Å². The van der Waals surface area contributed by atoms with E-state index in [2.05, 4.69) is 26.8 Å². The lowest BCUT2D eigenvalue weighted by atomic mass is 9.89. The fraction of sp³-hybridized carbons (Fsp3) is 0.481. The van der Waals surface area contributed by atoms with E-state index in [-0.39, 0.29) is 24.0 Å². The Labute approximate surface area is 210 Å². The molecule has 3 atom stereocenters. The van der Waals surface area contributed by atoms with Gasteiger partial charge in [0.05, 0.1) is 6.20 Å². The fourth-order valence-electron chi connectivity index (χ4n) is 5.84. The van der Waals surface area contributed by atoms with E-state index >= 15 is 0 Å². The lowest BCUT2D eigenvalue weighted by molar-refractivity contribution is -0.126. The maximum Gasteiger partial charge on any atom is 0.255 e. The van der Waals surface area contributed by atoms with Gasteiger partial charge in [0, 0.05) is 49.3 Å². The summed E-state index contributed by atoms with van der Waals surface area (Å²) >= 11 is 0. The number of carbonyl (C=O) groups is 2. The van der Waals surface area contributed by atoms with Gasteiger partial charge in [-0.05, 0) is 55.9 Å². The molecular formula is C27H31N5O4. The molecule has 3 aliphatic heterocycles. The number of fused-ring (bicyclic) bond motifs is 1. The molecule has 9 heteroatoms. The van der Waals surface area contributed by atoms with Gasteiger partial charge in [0.2, 0.25) is 11.8 Å². The van der Waals surface area contributed by atoms with Crippen molar-refractivity contribution in [2.45, 2.75) is 69.4 Å². The molecule has 1 unspecified atom stereocenters. The summed E-state index contributed by atoms with van der Waals surface area (Å²) < 4.78 is 12.5. The number of piperidine rings is 1. The second-order valence-electron chi connectivity index (χ2n) is 10.1. The lowest BCUT2D eigenvalue weighted by Crippen LogP contribution is -2.62. The van der Waals surface area contributed by atoms with Crippen molar-refractivity contribution in [3.05, 3.63) is 60.2 Å². The molecule has 2 saturated heterocycles. The molecule has 0 radical (unpaired) electrons. The van der Waals surface area contributed by atoms with Crippen LogP contribution in [0.5, 0.6) is 11.6 Å². The highest BCUT2D eigenvalue weighted by atomic mass is 16.5. The Hall–Kier alpha value is -3.46. The normalized spacial score (nSPS) is 26.8. The number of aromatic nitrogens is 2. The van der Waals surface area contributed by atoms with Crippen LogP contribution in [0.25, 0.3) is 0 Å². The van der Waals surface area contributed by atoms with Crippen molar-refractivity contribution < 1.29 is 19.1 Å². The summed E-state index contributed by atoms with van der Waals surface area (Å²) in [6.07, 6.45) is 10.9. The van der Waals surface area contributed by atoms with Crippen LogP contribution >= 0.6 is 0 Å². The molecule has 6 rings (SSSR count). The van der Waals surface area contributed by atoms with Crippen LogP contribution in [-0.4, -0.2) is 69.0 Å². The van der Waals surface area contributed by atoms with E-state index in [4.69, 9.17) is 9.47 Å². The summed E-state index contributed by atoms with van der Waals surface area (Å²) in [5, 5.41) is 2.79. The van der Waals surface area contributed by atoms with Crippen molar-refractivity contribution in [1.29, 1.82) is 0 Å². The molecule has 3 fully saturated rings. The predicted molar refractivity (Wildman–Crippen MR) is 131 cm³/mol. The van der Waals surface area contributed by atoms with Gasteiger partial charge in [0.15, 0.2) is 0 Å². The van der Waals surface area contributed by atoms with Crippen molar-refractivity contribution in [2.75, 3.05) is 13.1 Å². The Morgan fingerprint density at radius 3 is 2.72 bits per heavy atom. The molecule has 36 heavy (non-hydrogen) atoms. The minimum atomic E-state index is -0.453. The maximum absolute atomic E-state index is 13.0. The number of amides is 2. The van der Waals surface area contributed by atoms with Crippen molar-refractivity contribution in [2.24, 2.45) is 0 Å². The predicted octanol–water partition coefficient (Wildman–Crippen LogP) is 2.68. The number of likely N-dealkylation sites (tertiary alicyclic amines) is 1. The van der Waals surface area contributed by atoms with E-state index < -0.39 is 6.04 Å². The highest BCUT2D eigenvalue weighted by Gasteiger charge is 2.41. The van der Waals surface area contributed by atoms with E-state index in [0.717, 1.165) is 43.7 Å². The average molecular weight is 490 g/mol. The third-order valence-electron chi connectivity index (χ3n) is 7.73. The van der Waals surface area contributed by atoms with Crippen molar-refractivity contribution in [3.63, 3.8) is 0 Å². The zero-order chi connectivity index (χ0) is 24.6. The number of ether oxygens (including phenoxy) is 2. The van der Waals surface area contributed by atoms with Crippen LogP contribution in [0.1, 0.15) is 54.4 Å². The van der Waals surface area contributed by atoms with E-state index in [9.17, 15) is 9.59 Å². The molecular weight excluding hydrogens is 458 g/mol. The van der Waals surface area contributed by atoms with Gasteiger partial charge in [0.1, 0.15) is 24.0 Å². The minimum absolute atomic E-state index is 0.0884. The number of allylic oxidation sites excluding steroid dienone is 1. The largest absolute Gasteiger partial charge is 0.489 e. The summed E-state index contributed by atoms with van der Waals surface area (Å²) in [6.45, 7) is 5.97. The van der Waals surface area contributed by atoms with Gasteiger partial charge >= 0.3 is 0 Å². The molecule has 1 N–H and O–H groups in total. The van der Waals surface area contributed by atoms with Gasteiger partial charge in [-0.15, -0.1) is 0 Å². The monoisotopic (exact) mass is 489 g/mol. The average Bonchev–Trinajstić information content (AvgIpc) is 3.18. The zero-order valence-electron chi connectivity index (χ0n) is 20.3. The Morgan fingerprint density at radius 2 is 1.92 bits per heavy atom. The molecule has 0 bridgehead atoms. The fourth-order valence-corrected chi connectivity index (χ4v) is 5.84. The second-order valence-corrected chi connectivity index (χ2v) is 10.1. The SMILES string of the molecule is C=C1CCC(N2Cc3cc(O[C@H]4CCCC[C@H]4N4CC(Oc5cnccn5)C4)ccc3C2=O)C(=O)N1. The van der Waals surface area contributed by atoms with Crippen molar-refractivity contribution in [3.8, 4) is 11.6 Å². The lowest BCUT2D eigenvalue weighted by Gasteiger charge is -2.47. The standard InChI is InChI=1S/C27H31N5O4/c1-17-6-9-23(26(33)30-17)32-14-18-12-19(7-8-21(18)27(32)34)35-24-5-3-2-4-22(24)31-15-20(16-31)36-25-13-28-10-11-29-25/h7-8,10-13,20,22-24H,1-6,9,14-16H2,(H,30,33)/t22-,23?,24+/m1/s1. The highest BCUT2D eigenvalue weighted by Crippen LogP contribution is 2.34. The van der Waals surface area contributed by atoms with Crippen molar-refractivity contribution in [1.82, 2.24) is 25.1 Å². The van der Waals surface area contributed by atoms with Gasteiger partial charge in [-0.25, -0.2) is 4.98 Å². The number of hydrogen-bond acceptors (Lipinski definition) is 7. The molecule has 9 nitrogen and oxygen atoms in total. The number of rotatable bonds is 6. The molecule has 0 spiro atoms. The van der Waals surface area contributed by atoms with Crippen LogP contribution in [0.3, 0.4) is 0 Å². The van der Waals surface area contributed by atoms with E-state index in [1.165, 1.54) is 6.42 Å². The van der Waals surface area contributed by atoms with Gasteiger partial charge in [-0.3, -0.25) is 19.5 Å². The molecule has 1 aliphatic carbocycles. The third-order valence-corrected chi connectivity index (χ3v) is 7.73. The van der Waals surface area contributed by atoms with Gasteiger partial charge in [0.25, 0.3) is 5.91 Å². The molecule has 4 aliphatic rings. The molecule has 4 heterocycles. The summed E-state index contributed by atoms with van der Waals surface area (Å²) in [7, 11) is 0. The second kappa shape index (κ2) is 9.54. The number of benzene rings is 1. The molecule has 1 saturated carbocycles. The Morgan fingerprint density at radius 1 is 1.06 bits per heavy atom. The minimum Gasteiger partial charge on any atom is -0.489 e. The zero-order valence-corrected chi connectivity index (χ0v) is 20.3. The molecule has 1 aromatic carbocycles. The molecule has 2 amide bonds. The van der Waals surface area contributed by atoms with Crippen LogP contribution in [0.4, 0.5) is 0 Å². The smallest absolute Gasteiger partial charge is 0.255 e. The third kappa shape index (κ3) is 4.43. The highest BCUT2D eigenvalue weighted by molar-refractivity contribution is 6.01. The molecule has 188 valence electrons. The number of carbonyl (C=O) groups excluding carboxylic acids is 2. The van der Waals surface area contributed by atoms with Crippen molar-refractivity contribution >= 4 is 11.8 Å². The first-order valence-corrected chi connectivity index (χ1v) is 12.8. The quantitative estimate of drug-likeness (QED) is 0.666. The van der Waals surface area contributed by atoms with Gasteiger partial charge in [-0.2, -0.15) is 0 Å². The molecule has 1 aromatic heterocycles. The first kappa shape index (κ1) is 23.0. The van der Waals surface area contributed by atoms with Crippen LogP contribution in [-0.2, 0) is 11.3 Å². The Bertz CT molecular complexity index is 1170.